The number of hydrogen-bond acceptors (Lipinski definition) is 2. The van der Waals surface area contributed by atoms with Gasteiger partial charge in [0.15, 0.2) is 0 Å². The molecule has 2 unspecified atom stereocenters. The largest absolute Gasteiger partial charge is 0.374 e. The second-order valence-corrected chi connectivity index (χ2v) is 6.77. The van der Waals surface area contributed by atoms with Crippen molar-refractivity contribution in [1.82, 2.24) is 5.32 Å². The maximum atomic E-state index is 12.2. The Morgan fingerprint density at radius 1 is 1.16 bits per heavy atom. The first kappa shape index (κ1) is 17.7. The molecule has 132 valence electrons. The first-order valence-electron chi connectivity index (χ1n) is 9.25. The van der Waals surface area contributed by atoms with E-state index in [9.17, 15) is 4.79 Å². The summed E-state index contributed by atoms with van der Waals surface area (Å²) >= 11 is 0. The van der Waals surface area contributed by atoms with Crippen molar-refractivity contribution in [2.75, 3.05) is 13.2 Å². The summed E-state index contributed by atoms with van der Waals surface area (Å²) in [7, 11) is 0. The van der Waals surface area contributed by atoms with Gasteiger partial charge in [0.05, 0.1) is 6.10 Å². The van der Waals surface area contributed by atoms with Crippen molar-refractivity contribution in [1.29, 1.82) is 0 Å². The zero-order valence-electron chi connectivity index (χ0n) is 14.9. The van der Waals surface area contributed by atoms with Gasteiger partial charge in [0, 0.05) is 19.6 Å². The summed E-state index contributed by atoms with van der Waals surface area (Å²) < 4.78 is 5.84. The van der Waals surface area contributed by atoms with Gasteiger partial charge < -0.3 is 10.1 Å². The minimum atomic E-state index is 0.0897. The van der Waals surface area contributed by atoms with Crippen LogP contribution >= 0.6 is 0 Å². The standard InChI is InChI=1S/C22H27NO2/c1-17(18-8-3-2-4-9-18)25-15-7-14-23-22(24)16-20-13-12-19-10-5-6-11-21(19)20/h2-6,8-11,17,20H,7,12-16H2,1H3,(H,23,24). The summed E-state index contributed by atoms with van der Waals surface area (Å²) in [6.07, 6.45) is 3.71. The van der Waals surface area contributed by atoms with E-state index in [-0.39, 0.29) is 12.0 Å². The summed E-state index contributed by atoms with van der Waals surface area (Å²) in [5.74, 6) is 0.531. The van der Waals surface area contributed by atoms with Gasteiger partial charge in [-0.15, -0.1) is 0 Å². The molecule has 0 aliphatic heterocycles. The highest BCUT2D eigenvalue weighted by molar-refractivity contribution is 5.77. The molecule has 2 aromatic rings. The van der Waals surface area contributed by atoms with Crippen LogP contribution in [0.25, 0.3) is 0 Å². The van der Waals surface area contributed by atoms with Crippen LogP contribution in [0, 0.1) is 0 Å². The molecule has 2 atom stereocenters. The normalized spacial score (nSPS) is 17.1. The van der Waals surface area contributed by atoms with Crippen molar-refractivity contribution in [3.05, 3.63) is 71.3 Å². The van der Waals surface area contributed by atoms with Crippen LogP contribution in [0.2, 0.25) is 0 Å². The molecule has 2 aromatic carbocycles. The van der Waals surface area contributed by atoms with Crippen LogP contribution in [0.1, 0.15) is 54.9 Å². The fraction of sp³-hybridized carbons (Fsp3) is 0.409. The van der Waals surface area contributed by atoms with Crippen LogP contribution in [0.15, 0.2) is 54.6 Å². The van der Waals surface area contributed by atoms with E-state index in [0.29, 0.717) is 25.5 Å². The van der Waals surface area contributed by atoms with Crippen LogP contribution < -0.4 is 5.32 Å². The number of ether oxygens (including phenoxy) is 1. The number of hydrogen-bond donors (Lipinski definition) is 1. The van der Waals surface area contributed by atoms with Gasteiger partial charge in [0.1, 0.15) is 0 Å². The lowest BCUT2D eigenvalue weighted by molar-refractivity contribution is -0.121. The van der Waals surface area contributed by atoms with Gasteiger partial charge in [0.2, 0.25) is 5.91 Å². The zero-order valence-corrected chi connectivity index (χ0v) is 14.9. The fourth-order valence-corrected chi connectivity index (χ4v) is 3.53. The lowest BCUT2D eigenvalue weighted by atomic mass is 9.97. The Kier molecular flexibility index (Phi) is 6.24. The maximum Gasteiger partial charge on any atom is 0.220 e. The Balaban J connectivity index is 1.32. The first-order valence-corrected chi connectivity index (χ1v) is 9.25. The van der Waals surface area contributed by atoms with Crippen molar-refractivity contribution in [3.63, 3.8) is 0 Å². The molecule has 1 aliphatic rings. The Morgan fingerprint density at radius 2 is 1.92 bits per heavy atom. The molecule has 0 aromatic heterocycles. The number of fused-ring (bicyclic) bond motifs is 1. The van der Waals surface area contributed by atoms with Crippen molar-refractivity contribution < 1.29 is 9.53 Å². The van der Waals surface area contributed by atoms with Crippen molar-refractivity contribution >= 4 is 5.91 Å². The van der Waals surface area contributed by atoms with Gasteiger partial charge in [-0.2, -0.15) is 0 Å². The lowest BCUT2D eigenvalue weighted by Crippen LogP contribution is -2.26. The Morgan fingerprint density at radius 3 is 2.76 bits per heavy atom. The molecule has 0 radical (unpaired) electrons. The molecule has 1 N–H and O–H groups in total. The molecule has 0 spiro atoms. The number of aryl methyl sites for hydroxylation is 1. The van der Waals surface area contributed by atoms with E-state index in [2.05, 4.69) is 48.6 Å². The van der Waals surface area contributed by atoms with Crippen LogP contribution in [0.3, 0.4) is 0 Å². The Labute approximate surface area is 150 Å². The smallest absolute Gasteiger partial charge is 0.220 e. The van der Waals surface area contributed by atoms with Gasteiger partial charge in [0.25, 0.3) is 0 Å². The molecule has 1 aliphatic carbocycles. The SMILES string of the molecule is CC(OCCCNC(=O)CC1CCc2ccccc21)c1ccccc1. The summed E-state index contributed by atoms with van der Waals surface area (Å²) in [4.78, 5) is 12.2. The highest BCUT2D eigenvalue weighted by Crippen LogP contribution is 2.34. The number of nitrogens with one attached hydrogen (secondary N) is 1. The molecule has 0 bridgehead atoms. The molecule has 1 amide bonds. The van der Waals surface area contributed by atoms with E-state index in [0.717, 1.165) is 19.3 Å². The van der Waals surface area contributed by atoms with Crippen LogP contribution in [-0.4, -0.2) is 19.1 Å². The molecule has 0 heterocycles. The third-order valence-electron chi connectivity index (χ3n) is 4.97. The van der Waals surface area contributed by atoms with Crippen LogP contribution in [-0.2, 0) is 16.0 Å². The van der Waals surface area contributed by atoms with Crippen LogP contribution in [0.4, 0.5) is 0 Å². The van der Waals surface area contributed by atoms with Gasteiger partial charge in [-0.1, -0.05) is 54.6 Å². The highest BCUT2D eigenvalue weighted by atomic mass is 16.5. The lowest BCUT2D eigenvalue weighted by Gasteiger charge is -2.14. The van der Waals surface area contributed by atoms with Crippen LogP contribution in [0.5, 0.6) is 0 Å². The summed E-state index contributed by atoms with van der Waals surface area (Å²) in [5, 5.41) is 3.03. The molecular formula is C22H27NO2. The highest BCUT2D eigenvalue weighted by Gasteiger charge is 2.23. The monoisotopic (exact) mass is 337 g/mol. The Hall–Kier alpha value is -2.13. The molecule has 3 heteroatoms. The number of amides is 1. The molecule has 3 rings (SSSR count). The first-order chi connectivity index (χ1) is 12.2. The van der Waals surface area contributed by atoms with E-state index in [1.807, 2.05) is 18.2 Å². The summed E-state index contributed by atoms with van der Waals surface area (Å²) in [6.45, 7) is 3.39. The number of carbonyl (C=O) groups excluding carboxylic acids is 1. The van der Waals surface area contributed by atoms with Crippen molar-refractivity contribution in [2.24, 2.45) is 0 Å². The average molecular weight is 337 g/mol. The van der Waals surface area contributed by atoms with Gasteiger partial charge in [-0.05, 0) is 48.8 Å². The maximum absolute atomic E-state index is 12.2. The summed E-state index contributed by atoms with van der Waals surface area (Å²) in [6, 6.07) is 18.7. The van der Waals surface area contributed by atoms with Crippen molar-refractivity contribution in [3.8, 4) is 0 Å². The second-order valence-electron chi connectivity index (χ2n) is 6.77. The predicted octanol–water partition coefficient (Wildman–Crippen LogP) is 4.39. The van der Waals surface area contributed by atoms with Gasteiger partial charge in [-0.25, -0.2) is 0 Å². The third kappa shape index (κ3) is 4.93. The second kappa shape index (κ2) is 8.82. The zero-order chi connectivity index (χ0) is 17.5. The topological polar surface area (TPSA) is 38.3 Å². The minimum absolute atomic E-state index is 0.0897. The number of benzene rings is 2. The predicted molar refractivity (Wildman–Crippen MR) is 101 cm³/mol. The van der Waals surface area contributed by atoms with E-state index in [1.54, 1.807) is 0 Å². The molecule has 0 saturated carbocycles. The quantitative estimate of drug-likeness (QED) is 0.726. The van der Waals surface area contributed by atoms with Crippen molar-refractivity contribution in [2.45, 2.75) is 44.6 Å². The number of rotatable bonds is 8. The molecule has 0 fully saturated rings. The molecule has 3 nitrogen and oxygen atoms in total. The minimum Gasteiger partial charge on any atom is -0.374 e. The average Bonchev–Trinajstić information content (AvgIpc) is 3.05. The fourth-order valence-electron chi connectivity index (χ4n) is 3.53. The summed E-state index contributed by atoms with van der Waals surface area (Å²) in [5.41, 5.74) is 3.95. The number of carbonyl (C=O) groups is 1. The Bertz CT molecular complexity index is 683. The van der Waals surface area contributed by atoms with Gasteiger partial charge in [-0.3, -0.25) is 4.79 Å². The van der Waals surface area contributed by atoms with Gasteiger partial charge >= 0.3 is 0 Å². The van der Waals surface area contributed by atoms with E-state index in [4.69, 9.17) is 4.74 Å². The van der Waals surface area contributed by atoms with E-state index in [1.165, 1.54) is 16.7 Å². The van der Waals surface area contributed by atoms with E-state index >= 15 is 0 Å². The molecular weight excluding hydrogens is 310 g/mol. The third-order valence-corrected chi connectivity index (χ3v) is 4.97. The van der Waals surface area contributed by atoms with E-state index < -0.39 is 0 Å². The molecule has 0 saturated heterocycles. The molecule has 25 heavy (non-hydrogen) atoms.